The number of likely N-dealkylation sites (N-methyl/N-ethyl adjacent to an activating group) is 1. The third-order valence-corrected chi connectivity index (χ3v) is 2.98. The largest absolute Gasteiger partial charge is 0.310 e. The highest BCUT2D eigenvalue weighted by Crippen LogP contribution is 2.17. The summed E-state index contributed by atoms with van der Waals surface area (Å²) in [4.78, 5) is 16.0. The molecule has 0 radical (unpaired) electrons. The van der Waals surface area contributed by atoms with Gasteiger partial charge < -0.3 is 15.1 Å². The fraction of sp³-hybridized carbons (Fsp3) is 0.462. The van der Waals surface area contributed by atoms with Gasteiger partial charge in [-0.3, -0.25) is 4.79 Å². The molecule has 18 heavy (non-hydrogen) atoms. The second-order valence-electron chi connectivity index (χ2n) is 4.74. The zero-order valence-electron chi connectivity index (χ0n) is 10.7. The van der Waals surface area contributed by atoms with Crippen LogP contribution in [0.4, 0.5) is 10.1 Å². The summed E-state index contributed by atoms with van der Waals surface area (Å²) < 4.78 is 12.9. The van der Waals surface area contributed by atoms with Crippen LogP contribution in [0.25, 0.3) is 0 Å². The van der Waals surface area contributed by atoms with Crippen LogP contribution in [-0.4, -0.2) is 50.6 Å². The molecule has 1 fully saturated rings. The predicted molar refractivity (Wildman–Crippen MR) is 69.1 cm³/mol. The number of piperazine rings is 1. The van der Waals surface area contributed by atoms with E-state index in [9.17, 15) is 9.18 Å². The normalized spacial score (nSPS) is 20.6. The van der Waals surface area contributed by atoms with Crippen molar-refractivity contribution in [2.75, 3.05) is 38.6 Å². The van der Waals surface area contributed by atoms with E-state index in [4.69, 9.17) is 0 Å². The van der Waals surface area contributed by atoms with Crippen LogP contribution in [-0.2, 0) is 4.79 Å². The van der Waals surface area contributed by atoms with Crippen molar-refractivity contribution in [1.82, 2.24) is 10.2 Å². The fourth-order valence-electron chi connectivity index (χ4n) is 2.12. The van der Waals surface area contributed by atoms with Gasteiger partial charge in [-0.1, -0.05) is 0 Å². The van der Waals surface area contributed by atoms with Gasteiger partial charge in [0.2, 0.25) is 5.91 Å². The van der Waals surface area contributed by atoms with Gasteiger partial charge in [-0.05, 0) is 38.4 Å². The lowest BCUT2D eigenvalue weighted by Crippen LogP contribution is -2.58. The number of rotatable bonds is 3. The van der Waals surface area contributed by atoms with Crippen molar-refractivity contribution in [2.24, 2.45) is 0 Å². The van der Waals surface area contributed by atoms with Crippen molar-refractivity contribution in [3.63, 3.8) is 0 Å². The quantitative estimate of drug-likeness (QED) is 0.858. The third kappa shape index (κ3) is 2.86. The molecule has 0 aliphatic carbocycles. The minimum atomic E-state index is -0.286. The predicted octanol–water partition coefficient (Wildman–Crippen LogP) is 0.692. The first-order valence-electron chi connectivity index (χ1n) is 6.03. The van der Waals surface area contributed by atoms with Crippen LogP contribution >= 0.6 is 0 Å². The fourth-order valence-corrected chi connectivity index (χ4v) is 2.12. The van der Waals surface area contributed by atoms with Crippen molar-refractivity contribution >= 4 is 11.6 Å². The Labute approximate surface area is 106 Å². The Kier molecular flexibility index (Phi) is 3.93. The molecular weight excluding hydrogens is 233 g/mol. The molecule has 1 aromatic rings. The topological polar surface area (TPSA) is 35.6 Å². The van der Waals surface area contributed by atoms with Crippen LogP contribution < -0.4 is 10.2 Å². The summed E-state index contributed by atoms with van der Waals surface area (Å²) in [5.41, 5.74) is 0.756. The van der Waals surface area contributed by atoms with E-state index in [0.717, 1.165) is 12.2 Å². The van der Waals surface area contributed by atoms with Gasteiger partial charge in [-0.2, -0.15) is 0 Å². The van der Waals surface area contributed by atoms with Crippen molar-refractivity contribution in [3.05, 3.63) is 30.1 Å². The zero-order chi connectivity index (χ0) is 13.1. The summed E-state index contributed by atoms with van der Waals surface area (Å²) in [5.74, 6) is -0.243. The first kappa shape index (κ1) is 13.0. The van der Waals surface area contributed by atoms with Crippen molar-refractivity contribution in [3.8, 4) is 0 Å². The Hall–Kier alpha value is -1.46. The number of carbonyl (C=O) groups excluding carboxylic acids is 1. The average Bonchev–Trinajstić information content (AvgIpc) is 2.33. The number of nitrogens with one attached hydrogen (secondary N) is 1. The molecule has 1 amide bonds. The number of benzene rings is 1. The molecule has 1 saturated heterocycles. The molecule has 0 saturated carbocycles. The number of amides is 1. The maximum absolute atomic E-state index is 12.9. The lowest BCUT2D eigenvalue weighted by Gasteiger charge is -2.34. The highest BCUT2D eigenvalue weighted by molar-refractivity contribution is 5.98. The van der Waals surface area contributed by atoms with E-state index >= 15 is 0 Å². The van der Waals surface area contributed by atoms with Gasteiger partial charge in [0.15, 0.2) is 0 Å². The van der Waals surface area contributed by atoms with E-state index in [0.29, 0.717) is 13.1 Å². The van der Waals surface area contributed by atoms with Crippen LogP contribution in [0.3, 0.4) is 0 Å². The van der Waals surface area contributed by atoms with Crippen LogP contribution in [0.15, 0.2) is 24.3 Å². The molecule has 0 spiro atoms. The molecule has 1 atom stereocenters. The monoisotopic (exact) mass is 251 g/mol. The molecule has 5 heteroatoms. The van der Waals surface area contributed by atoms with Gasteiger partial charge in [0, 0.05) is 25.3 Å². The van der Waals surface area contributed by atoms with Crippen LogP contribution in [0, 0.1) is 5.82 Å². The van der Waals surface area contributed by atoms with Gasteiger partial charge >= 0.3 is 0 Å². The summed E-state index contributed by atoms with van der Waals surface area (Å²) >= 11 is 0. The number of halogens is 1. The molecule has 1 aliphatic rings. The van der Waals surface area contributed by atoms with Gasteiger partial charge in [0.05, 0.1) is 0 Å². The average molecular weight is 251 g/mol. The SMILES string of the molecule is CN(C)CC1NCCN(c2ccc(F)cc2)C1=O. The maximum atomic E-state index is 12.9. The Morgan fingerprint density at radius 2 is 2.06 bits per heavy atom. The molecule has 98 valence electrons. The standard InChI is InChI=1S/C13H18FN3O/c1-16(2)9-12-13(18)17(8-7-15-12)11-5-3-10(14)4-6-11/h3-6,12,15H,7-9H2,1-2H3. The molecule has 1 N–H and O–H groups in total. The molecule has 2 rings (SSSR count). The van der Waals surface area contributed by atoms with E-state index in [2.05, 4.69) is 5.32 Å². The maximum Gasteiger partial charge on any atom is 0.245 e. The molecule has 1 heterocycles. The van der Waals surface area contributed by atoms with Crippen LogP contribution in [0.1, 0.15) is 0 Å². The van der Waals surface area contributed by atoms with Crippen LogP contribution in [0.2, 0.25) is 0 Å². The van der Waals surface area contributed by atoms with Crippen LogP contribution in [0.5, 0.6) is 0 Å². The molecule has 1 aliphatic heterocycles. The molecular formula is C13H18FN3O. The molecule has 4 nitrogen and oxygen atoms in total. The smallest absolute Gasteiger partial charge is 0.245 e. The third-order valence-electron chi connectivity index (χ3n) is 2.98. The Morgan fingerprint density at radius 3 is 2.67 bits per heavy atom. The second kappa shape index (κ2) is 5.46. The van der Waals surface area contributed by atoms with Gasteiger partial charge in [-0.15, -0.1) is 0 Å². The number of nitrogens with zero attached hydrogens (tertiary/aromatic N) is 2. The Balaban J connectivity index is 2.13. The number of hydrogen-bond acceptors (Lipinski definition) is 3. The van der Waals surface area contributed by atoms with Crippen molar-refractivity contribution < 1.29 is 9.18 Å². The molecule has 1 aromatic carbocycles. The molecule has 1 unspecified atom stereocenters. The summed E-state index contributed by atoms with van der Waals surface area (Å²) in [6, 6.07) is 5.85. The second-order valence-corrected chi connectivity index (χ2v) is 4.74. The van der Waals surface area contributed by atoms with E-state index in [-0.39, 0.29) is 17.8 Å². The summed E-state index contributed by atoms with van der Waals surface area (Å²) in [5, 5.41) is 3.20. The number of carbonyl (C=O) groups is 1. The molecule has 0 bridgehead atoms. The number of hydrogen-bond donors (Lipinski definition) is 1. The van der Waals surface area contributed by atoms with E-state index in [1.54, 1.807) is 17.0 Å². The van der Waals surface area contributed by atoms with E-state index in [1.807, 2.05) is 19.0 Å². The minimum Gasteiger partial charge on any atom is -0.310 e. The highest BCUT2D eigenvalue weighted by atomic mass is 19.1. The zero-order valence-corrected chi connectivity index (χ0v) is 10.7. The summed E-state index contributed by atoms with van der Waals surface area (Å²) in [6.45, 7) is 2.03. The highest BCUT2D eigenvalue weighted by Gasteiger charge is 2.29. The Bertz CT molecular complexity index is 419. The van der Waals surface area contributed by atoms with Crippen molar-refractivity contribution in [2.45, 2.75) is 6.04 Å². The Morgan fingerprint density at radius 1 is 1.39 bits per heavy atom. The van der Waals surface area contributed by atoms with Gasteiger partial charge in [-0.25, -0.2) is 4.39 Å². The van der Waals surface area contributed by atoms with Crippen molar-refractivity contribution in [1.29, 1.82) is 0 Å². The lowest BCUT2D eigenvalue weighted by atomic mass is 10.1. The minimum absolute atomic E-state index is 0.0431. The number of anilines is 1. The first-order chi connectivity index (χ1) is 8.58. The van der Waals surface area contributed by atoms with E-state index < -0.39 is 0 Å². The van der Waals surface area contributed by atoms with Gasteiger partial charge in [0.25, 0.3) is 0 Å². The first-order valence-corrected chi connectivity index (χ1v) is 6.03. The summed E-state index contributed by atoms with van der Waals surface area (Å²) in [7, 11) is 3.87. The van der Waals surface area contributed by atoms with Gasteiger partial charge in [0.1, 0.15) is 11.9 Å². The van der Waals surface area contributed by atoms with E-state index in [1.165, 1.54) is 12.1 Å². The molecule has 0 aromatic heterocycles. The lowest BCUT2D eigenvalue weighted by molar-refractivity contribution is -0.121. The summed E-state index contributed by atoms with van der Waals surface area (Å²) in [6.07, 6.45) is 0.